The van der Waals surface area contributed by atoms with Gasteiger partial charge in [0.1, 0.15) is 5.82 Å². The summed E-state index contributed by atoms with van der Waals surface area (Å²) >= 11 is 1.27. The van der Waals surface area contributed by atoms with Gasteiger partial charge in [0.05, 0.1) is 25.1 Å². The Labute approximate surface area is 201 Å². The van der Waals surface area contributed by atoms with Crippen molar-refractivity contribution in [2.24, 2.45) is 0 Å². The predicted octanol–water partition coefficient (Wildman–Crippen LogP) is 3.48. The molecule has 3 aromatic heterocycles. The number of rotatable bonds is 9. The Morgan fingerprint density at radius 2 is 1.94 bits per heavy atom. The zero-order chi connectivity index (χ0) is 23.9. The molecule has 0 aliphatic carbocycles. The summed E-state index contributed by atoms with van der Waals surface area (Å²) in [5, 5.41) is 11.9. The van der Waals surface area contributed by atoms with Gasteiger partial charge >= 0.3 is 0 Å². The van der Waals surface area contributed by atoms with Crippen LogP contribution >= 0.6 is 11.8 Å². The lowest BCUT2D eigenvalue weighted by atomic mass is 10.2. The second-order valence-electron chi connectivity index (χ2n) is 7.66. The molecular formula is C24H24N6O3S. The average molecular weight is 477 g/mol. The summed E-state index contributed by atoms with van der Waals surface area (Å²) in [6.07, 6.45) is 3.21. The molecular weight excluding hydrogens is 452 g/mol. The van der Waals surface area contributed by atoms with Crippen molar-refractivity contribution >= 4 is 29.4 Å². The molecule has 0 aliphatic heterocycles. The van der Waals surface area contributed by atoms with Gasteiger partial charge in [-0.1, -0.05) is 42.1 Å². The van der Waals surface area contributed by atoms with Crippen molar-refractivity contribution in [2.75, 3.05) is 24.7 Å². The molecule has 4 aromatic rings. The summed E-state index contributed by atoms with van der Waals surface area (Å²) in [6.45, 7) is 2.36. The van der Waals surface area contributed by atoms with Gasteiger partial charge in [-0.15, -0.1) is 10.2 Å². The number of hydrogen-bond donors (Lipinski definition) is 1. The fourth-order valence-corrected chi connectivity index (χ4v) is 4.10. The van der Waals surface area contributed by atoms with E-state index in [-0.39, 0.29) is 24.1 Å². The number of nitrogens with zero attached hydrogens (tertiary/aromatic N) is 5. The van der Waals surface area contributed by atoms with E-state index in [1.807, 2.05) is 54.0 Å². The van der Waals surface area contributed by atoms with Gasteiger partial charge in [-0.2, -0.15) is 0 Å². The minimum Gasteiger partial charge on any atom is -0.461 e. The molecule has 0 aliphatic rings. The van der Waals surface area contributed by atoms with Gasteiger partial charge in [0.15, 0.2) is 10.9 Å². The first-order valence-corrected chi connectivity index (χ1v) is 11.6. The number of benzene rings is 1. The predicted molar refractivity (Wildman–Crippen MR) is 129 cm³/mol. The van der Waals surface area contributed by atoms with E-state index in [0.29, 0.717) is 29.1 Å². The molecule has 0 unspecified atom stereocenters. The number of aryl methyl sites for hydroxylation is 1. The van der Waals surface area contributed by atoms with E-state index in [1.54, 1.807) is 31.6 Å². The van der Waals surface area contributed by atoms with Gasteiger partial charge in [-0.05, 0) is 42.3 Å². The second-order valence-corrected chi connectivity index (χ2v) is 8.60. The fourth-order valence-electron chi connectivity index (χ4n) is 3.22. The molecule has 4 rings (SSSR count). The Morgan fingerprint density at radius 3 is 2.68 bits per heavy atom. The van der Waals surface area contributed by atoms with E-state index >= 15 is 0 Å². The van der Waals surface area contributed by atoms with Crippen LogP contribution in [0.1, 0.15) is 11.1 Å². The molecule has 3 heterocycles. The monoisotopic (exact) mass is 476 g/mol. The molecule has 0 radical (unpaired) electrons. The minimum absolute atomic E-state index is 0.0800. The van der Waals surface area contributed by atoms with Crippen LogP contribution in [0.3, 0.4) is 0 Å². The van der Waals surface area contributed by atoms with Gasteiger partial charge in [0.2, 0.25) is 17.6 Å². The molecule has 1 aromatic carbocycles. The van der Waals surface area contributed by atoms with E-state index < -0.39 is 0 Å². The summed E-state index contributed by atoms with van der Waals surface area (Å²) in [4.78, 5) is 30.5. The number of nitrogens with one attached hydrogen (secondary N) is 1. The third kappa shape index (κ3) is 5.90. The zero-order valence-electron chi connectivity index (χ0n) is 18.8. The van der Waals surface area contributed by atoms with Gasteiger partial charge < -0.3 is 14.6 Å². The Kier molecular flexibility index (Phi) is 7.38. The molecule has 34 heavy (non-hydrogen) atoms. The van der Waals surface area contributed by atoms with Gasteiger partial charge in [0, 0.05) is 13.2 Å². The molecule has 174 valence electrons. The summed E-state index contributed by atoms with van der Waals surface area (Å²) in [5.74, 6) is 1.23. The molecule has 0 spiro atoms. The maximum absolute atomic E-state index is 12.7. The van der Waals surface area contributed by atoms with E-state index in [4.69, 9.17) is 4.42 Å². The van der Waals surface area contributed by atoms with E-state index in [1.165, 1.54) is 16.7 Å². The lowest BCUT2D eigenvalue weighted by Gasteiger charge is -2.16. The number of likely N-dealkylation sites (N-methyl/N-ethyl adjacent to an activating group) is 1. The van der Waals surface area contributed by atoms with Crippen molar-refractivity contribution in [3.05, 3.63) is 78.2 Å². The first kappa shape index (κ1) is 23.2. The Balaban J connectivity index is 1.40. The van der Waals surface area contributed by atoms with Crippen LogP contribution in [0.5, 0.6) is 0 Å². The number of thioether (sulfide) groups is 1. The van der Waals surface area contributed by atoms with Crippen LogP contribution in [0.15, 0.2) is 76.6 Å². The van der Waals surface area contributed by atoms with E-state index in [9.17, 15) is 9.59 Å². The summed E-state index contributed by atoms with van der Waals surface area (Å²) in [5.41, 5.74) is 2.06. The SMILES string of the molecule is Cc1ccnc(NC(=O)CN(C)C(=O)CSc2nnc(-c3ccco3)n2Cc2ccccc2)c1. The normalized spacial score (nSPS) is 10.8. The highest BCUT2D eigenvalue weighted by Gasteiger charge is 2.19. The van der Waals surface area contributed by atoms with Crippen molar-refractivity contribution in [2.45, 2.75) is 18.6 Å². The van der Waals surface area contributed by atoms with E-state index in [0.717, 1.165) is 11.1 Å². The molecule has 0 saturated carbocycles. The van der Waals surface area contributed by atoms with Crippen LogP contribution in [0, 0.1) is 6.92 Å². The molecule has 9 nitrogen and oxygen atoms in total. The van der Waals surface area contributed by atoms with E-state index in [2.05, 4.69) is 20.5 Å². The van der Waals surface area contributed by atoms with Crippen molar-refractivity contribution in [3.8, 4) is 11.6 Å². The van der Waals surface area contributed by atoms with Crippen molar-refractivity contribution in [1.82, 2.24) is 24.6 Å². The number of furan rings is 1. The average Bonchev–Trinajstić information content (AvgIpc) is 3.48. The van der Waals surface area contributed by atoms with Gasteiger partial charge in [0.25, 0.3) is 0 Å². The molecule has 0 bridgehead atoms. The number of hydrogen-bond acceptors (Lipinski definition) is 7. The van der Waals surface area contributed by atoms with Crippen LogP contribution in [-0.4, -0.2) is 55.8 Å². The van der Waals surface area contributed by atoms with Crippen LogP contribution in [0.25, 0.3) is 11.6 Å². The number of amides is 2. The highest BCUT2D eigenvalue weighted by atomic mass is 32.2. The molecule has 0 atom stereocenters. The molecule has 2 amide bonds. The highest BCUT2D eigenvalue weighted by Crippen LogP contribution is 2.25. The maximum atomic E-state index is 12.7. The minimum atomic E-state index is -0.314. The Hall–Kier alpha value is -3.92. The summed E-state index contributed by atoms with van der Waals surface area (Å²) in [6, 6.07) is 17.1. The fraction of sp³-hybridized carbons (Fsp3) is 0.208. The third-order valence-corrected chi connectivity index (χ3v) is 5.91. The number of aromatic nitrogens is 4. The van der Waals surface area contributed by atoms with Gasteiger partial charge in [-0.25, -0.2) is 4.98 Å². The van der Waals surface area contributed by atoms with Crippen LogP contribution in [0.4, 0.5) is 5.82 Å². The largest absolute Gasteiger partial charge is 0.461 e. The first-order valence-electron chi connectivity index (χ1n) is 10.6. The first-order chi connectivity index (χ1) is 16.5. The quantitative estimate of drug-likeness (QED) is 0.369. The molecule has 1 N–H and O–H groups in total. The highest BCUT2D eigenvalue weighted by molar-refractivity contribution is 7.99. The second kappa shape index (κ2) is 10.8. The van der Waals surface area contributed by atoms with Crippen LogP contribution in [0.2, 0.25) is 0 Å². The number of carbonyl (C=O) groups is 2. The summed E-state index contributed by atoms with van der Waals surface area (Å²) in [7, 11) is 1.59. The maximum Gasteiger partial charge on any atom is 0.245 e. The standard InChI is InChI=1S/C24H24N6O3S/c1-17-10-11-25-20(13-17)26-21(31)15-29(2)22(32)16-34-24-28-27-23(19-9-6-12-33-19)30(24)14-18-7-4-3-5-8-18/h3-13H,14-16H2,1-2H3,(H,25,26,31). The smallest absolute Gasteiger partial charge is 0.245 e. The molecule has 0 fully saturated rings. The van der Waals surface area contributed by atoms with Crippen LogP contribution < -0.4 is 5.32 Å². The third-order valence-electron chi connectivity index (χ3n) is 4.96. The van der Waals surface area contributed by atoms with Crippen molar-refractivity contribution in [1.29, 1.82) is 0 Å². The molecule has 0 saturated heterocycles. The zero-order valence-corrected chi connectivity index (χ0v) is 19.7. The van der Waals surface area contributed by atoms with Gasteiger partial charge in [-0.3, -0.25) is 14.2 Å². The van der Waals surface area contributed by atoms with Crippen molar-refractivity contribution < 1.29 is 14.0 Å². The lowest BCUT2D eigenvalue weighted by Crippen LogP contribution is -2.36. The Bertz CT molecular complexity index is 1260. The lowest BCUT2D eigenvalue weighted by molar-refractivity contribution is -0.131. The summed E-state index contributed by atoms with van der Waals surface area (Å²) < 4.78 is 7.44. The van der Waals surface area contributed by atoms with Crippen molar-refractivity contribution in [3.63, 3.8) is 0 Å². The number of carbonyl (C=O) groups excluding carboxylic acids is 2. The topological polar surface area (TPSA) is 106 Å². The van der Waals surface area contributed by atoms with Crippen LogP contribution in [-0.2, 0) is 16.1 Å². The molecule has 10 heteroatoms. The Morgan fingerprint density at radius 1 is 1.12 bits per heavy atom. The number of pyridine rings is 1. The number of anilines is 1.